The molecule has 0 bridgehead atoms. The van der Waals surface area contributed by atoms with E-state index in [1.807, 2.05) is 54.7 Å². The van der Waals surface area contributed by atoms with Crippen LogP contribution in [-0.4, -0.2) is 111 Å². The molecule has 8 atom stereocenters. The first-order chi connectivity index (χ1) is 28.6. The van der Waals surface area contributed by atoms with Crippen LogP contribution in [0.15, 0.2) is 60.9 Å². The Hall–Kier alpha value is -5.70. The molecule has 0 radical (unpaired) electrons. The Morgan fingerprint density at radius 3 is 1.81 bits per heavy atom. The standard InChI is InChI=1S/C44H55N9O6/c1-2-30-39(54)50-34(20-26-23-46-31-13-6-4-11-28(26)31)41(56)49-33(17-18-45)43(58)52-19-9-16-37(52)44(59)53-36-15-8-3-10-25(36)22-38(53)42(57)51-35(40(55)48-30)21-27-24-47-32-14-7-5-12-29(27)32/h4-7,11-14,23-25,30,33-38,46-47H,2-3,8-10,15-22,45H2,1H3,(H,48,55)(H,49,56)(H,50,54)(H,51,57)/t25-,30?,33+,34+,35+,36-,37-,38-/m1/s1. The zero-order valence-corrected chi connectivity index (χ0v) is 33.5. The van der Waals surface area contributed by atoms with Crippen LogP contribution in [0.3, 0.4) is 0 Å². The number of fused-ring (bicyclic) bond motifs is 6. The molecule has 4 aromatic rings. The smallest absolute Gasteiger partial charge is 0.246 e. The van der Waals surface area contributed by atoms with Crippen LogP contribution < -0.4 is 27.0 Å². The second-order valence-electron chi connectivity index (χ2n) is 16.7. The summed E-state index contributed by atoms with van der Waals surface area (Å²) in [5.41, 5.74) is 9.33. The molecule has 0 spiro atoms. The monoisotopic (exact) mass is 805 g/mol. The number of rotatable bonds is 7. The van der Waals surface area contributed by atoms with E-state index >= 15 is 0 Å². The molecular weight excluding hydrogens is 751 g/mol. The summed E-state index contributed by atoms with van der Waals surface area (Å²) in [5, 5.41) is 13.5. The van der Waals surface area contributed by atoms with E-state index in [1.165, 1.54) is 0 Å². The first-order valence-corrected chi connectivity index (χ1v) is 21.3. The number of nitrogens with zero attached hydrogens (tertiary/aromatic N) is 2. The number of nitrogens with two attached hydrogens (primary N) is 1. The highest BCUT2D eigenvalue weighted by Crippen LogP contribution is 2.41. The third-order valence-electron chi connectivity index (χ3n) is 13.0. The number of hydrogen-bond donors (Lipinski definition) is 7. The predicted molar refractivity (Wildman–Crippen MR) is 221 cm³/mol. The molecule has 8 rings (SSSR count). The highest BCUT2D eigenvalue weighted by atomic mass is 16.2. The fourth-order valence-electron chi connectivity index (χ4n) is 9.99. The number of aromatic amines is 2. The lowest BCUT2D eigenvalue weighted by Gasteiger charge is -2.38. The molecule has 1 saturated carbocycles. The van der Waals surface area contributed by atoms with Crippen molar-refractivity contribution in [3.05, 3.63) is 72.1 Å². The molecule has 3 saturated heterocycles. The van der Waals surface area contributed by atoms with E-state index in [4.69, 9.17) is 5.73 Å². The van der Waals surface area contributed by atoms with Gasteiger partial charge in [0, 0.05) is 59.6 Å². The van der Waals surface area contributed by atoms with Crippen LogP contribution in [0.4, 0.5) is 0 Å². The largest absolute Gasteiger partial charge is 0.361 e. The molecule has 1 aliphatic carbocycles. The van der Waals surface area contributed by atoms with Crippen molar-refractivity contribution in [2.75, 3.05) is 13.1 Å². The van der Waals surface area contributed by atoms with Crippen molar-refractivity contribution in [2.45, 2.75) is 120 Å². The quantitative estimate of drug-likeness (QED) is 0.148. The highest BCUT2D eigenvalue weighted by molar-refractivity contribution is 5.99. The van der Waals surface area contributed by atoms with Crippen LogP contribution in [0.1, 0.15) is 75.8 Å². The molecule has 5 heterocycles. The van der Waals surface area contributed by atoms with E-state index in [-0.39, 0.29) is 50.1 Å². The highest BCUT2D eigenvalue weighted by Gasteiger charge is 2.51. The van der Waals surface area contributed by atoms with Crippen LogP contribution in [0.5, 0.6) is 0 Å². The average molecular weight is 806 g/mol. The average Bonchev–Trinajstić information content (AvgIpc) is 4.07. The Balaban J connectivity index is 1.17. The lowest BCUT2D eigenvalue weighted by Crippen LogP contribution is -2.62. The number of H-pyrrole nitrogens is 2. The summed E-state index contributed by atoms with van der Waals surface area (Å²) < 4.78 is 0. The van der Waals surface area contributed by atoms with Crippen molar-refractivity contribution in [1.82, 2.24) is 41.0 Å². The van der Waals surface area contributed by atoms with Crippen LogP contribution in [0, 0.1) is 5.92 Å². The van der Waals surface area contributed by atoms with Crippen molar-refractivity contribution >= 4 is 57.2 Å². The van der Waals surface area contributed by atoms with Gasteiger partial charge in [-0.25, -0.2) is 0 Å². The van der Waals surface area contributed by atoms with Gasteiger partial charge in [0.1, 0.15) is 36.3 Å². The first-order valence-electron chi connectivity index (χ1n) is 21.3. The molecule has 15 heteroatoms. The molecule has 8 N–H and O–H groups in total. The molecule has 1 unspecified atom stereocenters. The molecule has 2 aromatic carbocycles. The van der Waals surface area contributed by atoms with Gasteiger partial charge in [0.15, 0.2) is 0 Å². The van der Waals surface area contributed by atoms with Crippen LogP contribution >= 0.6 is 0 Å². The Bertz CT molecular complexity index is 2230. The Morgan fingerprint density at radius 1 is 0.627 bits per heavy atom. The SMILES string of the molecule is CCC1NC(=O)[C@H](Cc2c[nH]c3ccccc23)NC(=O)[C@H]2C[C@H]3CCCC[C@H]3N2C(=O)[C@H]2CCCN2C(=O)[C@H](CCN)NC(=O)[C@H](Cc2c[nH]c3ccccc23)NC1=O. The number of carbonyl (C=O) groups excluding carboxylic acids is 6. The summed E-state index contributed by atoms with van der Waals surface area (Å²) in [6.07, 6.45) is 9.09. The van der Waals surface area contributed by atoms with Crippen LogP contribution in [-0.2, 0) is 41.6 Å². The van der Waals surface area contributed by atoms with Crippen molar-refractivity contribution < 1.29 is 28.8 Å². The van der Waals surface area contributed by atoms with Gasteiger partial charge in [0.2, 0.25) is 35.4 Å². The Morgan fingerprint density at radius 2 is 1.19 bits per heavy atom. The fourth-order valence-corrected chi connectivity index (χ4v) is 9.99. The zero-order chi connectivity index (χ0) is 41.2. The third kappa shape index (κ3) is 8.04. The van der Waals surface area contributed by atoms with E-state index in [1.54, 1.807) is 22.9 Å². The number of carbonyl (C=O) groups is 6. The number of para-hydroxylation sites is 2. The van der Waals surface area contributed by atoms with Gasteiger partial charge in [-0.1, -0.05) is 56.2 Å². The Kier molecular flexibility index (Phi) is 11.7. The van der Waals surface area contributed by atoms with Crippen molar-refractivity contribution in [1.29, 1.82) is 0 Å². The minimum atomic E-state index is -1.15. The lowest BCUT2D eigenvalue weighted by atomic mass is 9.84. The summed E-state index contributed by atoms with van der Waals surface area (Å²) in [6, 6.07) is 9.08. The topological polar surface area (TPSA) is 215 Å². The Labute approximate surface area is 342 Å². The normalized spacial score (nSPS) is 28.6. The molecule has 59 heavy (non-hydrogen) atoms. The molecule has 4 fully saturated rings. The van der Waals surface area contributed by atoms with E-state index in [0.717, 1.165) is 58.6 Å². The van der Waals surface area contributed by atoms with Gasteiger partial charge < -0.3 is 46.8 Å². The van der Waals surface area contributed by atoms with Gasteiger partial charge in [-0.05, 0) is 80.7 Å². The van der Waals surface area contributed by atoms with E-state index in [2.05, 4.69) is 31.2 Å². The molecule has 15 nitrogen and oxygen atoms in total. The maximum atomic E-state index is 14.9. The van der Waals surface area contributed by atoms with Gasteiger partial charge in [0.05, 0.1) is 0 Å². The van der Waals surface area contributed by atoms with Gasteiger partial charge in [-0.2, -0.15) is 0 Å². The second-order valence-corrected chi connectivity index (χ2v) is 16.7. The number of benzene rings is 2. The molecule has 6 amide bonds. The van der Waals surface area contributed by atoms with Gasteiger partial charge >= 0.3 is 0 Å². The van der Waals surface area contributed by atoms with Crippen molar-refractivity contribution in [3.63, 3.8) is 0 Å². The fraction of sp³-hybridized carbons (Fsp3) is 0.500. The van der Waals surface area contributed by atoms with Crippen LogP contribution in [0.2, 0.25) is 0 Å². The van der Waals surface area contributed by atoms with E-state index < -0.39 is 65.8 Å². The molecule has 3 aliphatic heterocycles. The summed E-state index contributed by atoms with van der Waals surface area (Å²) in [4.78, 5) is 96.8. The zero-order valence-electron chi connectivity index (χ0n) is 33.5. The lowest BCUT2D eigenvalue weighted by molar-refractivity contribution is -0.150. The summed E-state index contributed by atoms with van der Waals surface area (Å²) in [7, 11) is 0. The minimum absolute atomic E-state index is 0.0818. The molecule has 4 aliphatic rings. The van der Waals surface area contributed by atoms with Crippen LogP contribution in [0.25, 0.3) is 21.8 Å². The summed E-state index contributed by atoms with van der Waals surface area (Å²) in [6.45, 7) is 2.15. The second kappa shape index (κ2) is 17.3. The summed E-state index contributed by atoms with van der Waals surface area (Å²) in [5.74, 6) is -2.77. The van der Waals surface area contributed by atoms with E-state index in [9.17, 15) is 28.8 Å². The first kappa shape index (κ1) is 40.1. The van der Waals surface area contributed by atoms with Crippen molar-refractivity contribution in [3.8, 4) is 0 Å². The third-order valence-corrected chi connectivity index (χ3v) is 13.0. The van der Waals surface area contributed by atoms with Gasteiger partial charge in [-0.3, -0.25) is 28.8 Å². The maximum Gasteiger partial charge on any atom is 0.246 e. The number of aromatic nitrogens is 2. The van der Waals surface area contributed by atoms with Gasteiger partial charge in [0.25, 0.3) is 0 Å². The number of hydrogen-bond acceptors (Lipinski definition) is 7. The number of nitrogens with one attached hydrogen (secondary N) is 6. The van der Waals surface area contributed by atoms with Gasteiger partial charge in [-0.15, -0.1) is 0 Å². The summed E-state index contributed by atoms with van der Waals surface area (Å²) >= 11 is 0. The van der Waals surface area contributed by atoms with Crippen molar-refractivity contribution in [2.24, 2.45) is 11.7 Å². The van der Waals surface area contributed by atoms with E-state index in [0.29, 0.717) is 25.8 Å². The predicted octanol–water partition coefficient (Wildman–Crippen LogP) is 2.30. The molecule has 312 valence electrons. The minimum Gasteiger partial charge on any atom is -0.361 e. The molecular formula is C44H55N9O6. The number of amides is 6. The molecule has 2 aromatic heterocycles. The maximum absolute atomic E-state index is 14.9.